The lowest BCUT2D eigenvalue weighted by molar-refractivity contribution is -0.137. The minimum absolute atomic E-state index is 0.00810. The number of aliphatic hydroxyl groups is 1. The predicted molar refractivity (Wildman–Crippen MR) is 94.8 cm³/mol. The maximum Gasteiger partial charge on any atom is 0.303 e. The SMILES string of the molecule is CC=CC=CC=CC=CC=CC(O)=C1C(=O)NC(CCC(=O)O)C1=O. The fourth-order valence-corrected chi connectivity index (χ4v) is 2.02. The number of Topliss-reactive ketones (excluding diaryl/α,β-unsaturated/α-hetero) is 1. The highest BCUT2D eigenvalue weighted by atomic mass is 16.4. The molecule has 1 amide bonds. The molecule has 1 saturated heterocycles. The monoisotopic (exact) mass is 343 g/mol. The van der Waals surface area contributed by atoms with E-state index in [0.29, 0.717) is 0 Å². The number of allylic oxidation sites excluding steroid dienone is 10. The lowest BCUT2D eigenvalue weighted by Crippen LogP contribution is -2.29. The molecule has 132 valence electrons. The summed E-state index contributed by atoms with van der Waals surface area (Å²) in [5.41, 5.74) is -0.343. The number of nitrogens with one attached hydrogen (secondary N) is 1. The maximum absolute atomic E-state index is 12.1. The van der Waals surface area contributed by atoms with Crippen LogP contribution in [0, 0.1) is 0 Å². The van der Waals surface area contributed by atoms with E-state index in [-0.39, 0.29) is 18.4 Å². The van der Waals surface area contributed by atoms with Crippen LogP contribution in [0.15, 0.2) is 72.1 Å². The summed E-state index contributed by atoms with van der Waals surface area (Å²) < 4.78 is 0. The Hall–Kier alpha value is -3.15. The Labute approximate surface area is 146 Å². The van der Waals surface area contributed by atoms with Crippen LogP contribution in [-0.4, -0.2) is 33.9 Å². The second-order valence-corrected chi connectivity index (χ2v) is 5.12. The van der Waals surface area contributed by atoms with Crippen molar-refractivity contribution in [2.45, 2.75) is 25.8 Å². The molecule has 0 saturated carbocycles. The first-order valence-electron chi connectivity index (χ1n) is 7.76. The number of carbonyl (C=O) groups excluding carboxylic acids is 2. The van der Waals surface area contributed by atoms with E-state index in [1.54, 1.807) is 18.2 Å². The lowest BCUT2D eigenvalue weighted by atomic mass is 10.0. The highest BCUT2D eigenvalue weighted by Gasteiger charge is 2.37. The molecule has 1 rings (SSSR count). The van der Waals surface area contributed by atoms with Crippen LogP contribution in [0.2, 0.25) is 0 Å². The van der Waals surface area contributed by atoms with Crippen molar-refractivity contribution in [2.75, 3.05) is 0 Å². The molecule has 0 radical (unpaired) electrons. The molecule has 1 fully saturated rings. The van der Waals surface area contributed by atoms with Crippen LogP contribution in [0.3, 0.4) is 0 Å². The fraction of sp³-hybridized carbons (Fsp3) is 0.211. The molecule has 6 nitrogen and oxygen atoms in total. The van der Waals surface area contributed by atoms with Gasteiger partial charge in [0.05, 0.1) is 6.04 Å². The molecule has 3 N–H and O–H groups in total. The fourth-order valence-electron chi connectivity index (χ4n) is 2.02. The van der Waals surface area contributed by atoms with Crippen LogP contribution in [0.25, 0.3) is 0 Å². The average molecular weight is 343 g/mol. The zero-order valence-electron chi connectivity index (χ0n) is 13.9. The van der Waals surface area contributed by atoms with Crippen LogP contribution < -0.4 is 5.32 Å². The summed E-state index contributed by atoms with van der Waals surface area (Å²) in [4.78, 5) is 34.4. The summed E-state index contributed by atoms with van der Waals surface area (Å²) in [6, 6.07) is -0.906. The first-order chi connectivity index (χ1) is 12.0. The smallest absolute Gasteiger partial charge is 0.303 e. The van der Waals surface area contributed by atoms with Crippen molar-refractivity contribution < 1.29 is 24.6 Å². The number of hydrogen-bond donors (Lipinski definition) is 3. The lowest BCUT2D eigenvalue weighted by Gasteiger charge is -2.04. The molecule has 1 aliphatic heterocycles. The Morgan fingerprint density at radius 1 is 1.00 bits per heavy atom. The molecule has 0 aromatic rings. The van der Waals surface area contributed by atoms with Gasteiger partial charge in [-0.25, -0.2) is 0 Å². The first kappa shape index (κ1) is 19.9. The van der Waals surface area contributed by atoms with Gasteiger partial charge in [0, 0.05) is 6.42 Å². The van der Waals surface area contributed by atoms with Gasteiger partial charge in [-0.2, -0.15) is 0 Å². The molecule has 0 spiro atoms. The van der Waals surface area contributed by atoms with Gasteiger partial charge in [0.1, 0.15) is 11.3 Å². The number of amides is 1. The maximum atomic E-state index is 12.1. The van der Waals surface area contributed by atoms with Crippen molar-refractivity contribution in [3.05, 3.63) is 72.1 Å². The van der Waals surface area contributed by atoms with E-state index in [1.165, 1.54) is 12.2 Å². The minimum Gasteiger partial charge on any atom is -0.507 e. The Bertz CT molecular complexity index is 693. The minimum atomic E-state index is -1.05. The van der Waals surface area contributed by atoms with Crippen molar-refractivity contribution in [2.24, 2.45) is 0 Å². The molecule has 0 aromatic heterocycles. The summed E-state index contributed by atoms with van der Waals surface area (Å²) in [6.07, 6.45) is 17.0. The second kappa shape index (κ2) is 10.6. The number of carboxylic acids is 1. The summed E-state index contributed by atoms with van der Waals surface area (Å²) in [7, 11) is 0. The van der Waals surface area contributed by atoms with E-state index < -0.39 is 29.5 Å². The first-order valence-corrected chi connectivity index (χ1v) is 7.76. The van der Waals surface area contributed by atoms with Crippen LogP contribution >= 0.6 is 0 Å². The van der Waals surface area contributed by atoms with Crippen LogP contribution in [0.1, 0.15) is 19.8 Å². The van der Waals surface area contributed by atoms with Crippen molar-refractivity contribution in [3.8, 4) is 0 Å². The van der Waals surface area contributed by atoms with Gasteiger partial charge in [-0.1, -0.05) is 54.7 Å². The van der Waals surface area contributed by atoms with E-state index >= 15 is 0 Å². The van der Waals surface area contributed by atoms with E-state index in [1.807, 2.05) is 37.3 Å². The molecule has 0 aliphatic carbocycles. The number of aliphatic hydroxyl groups excluding tert-OH is 1. The predicted octanol–water partition coefficient (Wildman–Crippen LogP) is 2.53. The molecular weight excluding hydrogens is 322 g/mol. The van der Waals surface area contributed by atoms with Gasteiger partial charge >= 0.3 is 5.97 Å². The van der Waals surface area contributed by atoms with Crippen molar-refractivity contribution in [3.63, 3.8) is 0 Å². The van der Waals surface area contributed by atoms with E-state index in [0.717, 1.165) is 0 Å². The molecule has 1 heterocycles. The largest absolute Gasteiger partial charge is 0.507 e. The van der Waals surface area contributed by atoms with Crippen molar-refractivity contribution >= 4 is 17.7 Å². The Morgan fingerprint density at radius 3 is 2.12 bits per heavy atom. The number of rotatable bonds is 8. The average Bonchev–Trinajstić information content (AvgIpc) is 2.85. The standard InChI is InChI=1S/C19H21NO5/c1-2-3-4-5-6-7-8-9-10-11-15(21)17-18(24)14(20-19(17)25)12-13-16(22)23/h2-11,14,21H,12-13H2,1H3,(H,20,25)(H,22,23). The Balaban J connectivity index is 2.67. The number of carbonyl (C=O) groups is 3. The highest BCUT2D eigenvalue weighted by molar-refractivity contribution is 6.27. The highest BCUT2D eigenvalue weighted by Crippen LogP contribution is 2.17. The second-order valence-electron chi connectivity index (χ2n) is 5.12. The van der Waals surface area contributed by atoms with Crippen molar-refractivity contribution in [1.29, 1.82) is 0 Å². The number of carboxylic acid groups (broad SMARTS) is 1. The third-order valence-corrected chi connectivity index (χ3v) is 3.22. The molecule has 1 atom stereocenters. The molecule has 0 bridgehead atoms. The summed E-state index contributed by atoms with van der Waals surface area (Å²) in [5, 5.41) is 20.9. The number of hydrogen-bond acceptors (Lipinski definition) is 4. The van der Waals surface area contributed by atoms with E-state index in [2.05, 4.69) is 5.32 Å². The summed E-state index contributed by atoms with van der Waals surface area (Å²) >= 11 is 0. The summed E-state index contributed by atoms with van der Waals surface area (Å²) in [5.74, 6) is -2.78. The molecule has 25 heavy (non-hydrogen) atoms. The van der Waals surface area contributed by atoms with Crippen LogP contribution in [0.4, 0.5) is 0 Å². The normalized spacial score (nSPS) is 20.8. The zero-order chi connectivity index (χ0) is 18.7. The molecule has 0 aromatic carbocycles. The quantitative estimate of drug-likeness (QED) is 0.272. The third kappa shape index (κ3) is 6.87. The Kier molecular flexibility index (Phi) is 8.43. The third-order valence-electron chi connectivity index (χ3n) is 3.22. The van der Waals surface area contributed by atoms with E-state index in [9.17, 15) is 19.5 Å². The van der Waals surface area contributed by atoms with E-state index in [4.69, 9.17) is 5.11 Å². The molecule has 1 unspecified atom stereocenters. The molecule has 6 heteroatoms. The zero-order valence-corrected chi connectivity index (χ0v) is 13.9. The van der Waals surface area contributed by atoms with Crippen molar-refractivity contribution in [1.82, 2.24) is 5.32 Å². The van der Waals surface area contributed by atoms with Crippen LogP contribution in [-0.2, 0) is 14.4 Å². The number of ketones is 1. The van der Waals surface area contributed by atoms with Gasteiger partial charge in [-0.15, -0.1) is 0 Å². The molecular formula is C19H21NO5. The summed E-state index contributed by atoms with van der Waals surface area (Å²) in [6.45, 7) is 1.92. The van der Waals surface area contributed by atoms with Gasteiger partial charge in [0.15, 0.2) is 5.78 Å². The van der Waals surface area contributed by atoms with Crippen LogP contribution in [0.5, 0.6) is 0 Å². The Morgan fingerprint density at radius 2 is 1.56 bits per heavy atom. The molecule has 1 aliphatic rings. The topological polar surface area (TPSA) is 104 Å². The van der Waals surface area contributed by atoms with Gasteiger partial charge in [-0.3, -0.25) is 14.4 Å². The van der Waals surface area contributed by atoms with Gasteiger partial charge in [0.2, 0.25) is 0 Å². The number of aliphatic carboxylic acids is 1. The van der Waals surface area contributed by atoms with Gasteiger partial charge in [0.25, 0.3) is 5.91 Å². The van der Waals surface area contributed by atoms with Gasteiger partial charge < -0.3 is 15.5 Å². The van der Waals surface area contributed by atoms with Gasteiger partial charge in [-0.05, 0) is 19.4 Å².